The van der Waals surface area contributed by atoms with Gasteiger partial charge in [-0.25, -0.2) is 9.59 Å². The first-order valence-electron chi connectivity index (χ1n) is 10.6. The Morgan fingerprint density at radius 3 is 1.68 bits per heavy atom. The third-order valence-corrected chi connectivity index (χ3v) is 4.23. The van der Waals surface area contributed by atoms with E-state index in [0.29, 0.717) is 31.0 Å². The number of hydrogen-bond acceptors (Lipinski definition) is 5. The lowest BCUT2D eigenvalue weighted by Crippen LogP contribution is -2.09. The first-order chi connectivity index (χ1) is 13.4. The average Bonchev–Trinajstić information content (AvgIpc) is 3.48. The highest BCUT2D eigenvalue weighted by Gasteiger charge is 2.24. The minimum atomic E-state index is -0.337. The Bertz CT molecular complexity index is 466. The van der Waals surface area contributed by atoms with Crippen LogP contribution in [0.4, 0.5) is 0 Å². The van der Waals surface area contributed by atoms with Crippen molar-refractivity contribution in [2.75, 3.05) is 19.8 Å². The fraction of sp³-hybridized carbons (Fsp3) is 0.739. The van der Waals surface area contributed by atoms with E-state index in [0.717, 1.165) is 6.42 Å². The Balaban J connectivity index is 0.000000609. The summed E-state index contributed by atoms with van der Waals surface area (Å²) in [7, 11) is 0. The molecule has 0 aromatic carbocycles. The van der Waals surface area contributed by atoms with Crippen LogP contribution >= 0.6 is 0 Å². The molecule has 0 radical (unpaired) electrons. The summed E-state index contributed by atoms with van der Waals surface area (Å²) >= 11 is 0. The molecule has 5 nitrogen and oxygen atoms in total. The van der Waals surface area contributed by atoms with Gasteiger partial charge in [-0.3, -0.25) is 0 Å². The molecule has 0 bridgehead atoms. The van der Waals surface area contributed by atoms with E-state index in [1.165, 1.54) is 57.8 Å². The number of epoxide rings is 1. The van der Waals surface area contributed by atoms with Crippen LogP contribution in [0.5, 0.6) is 0 Å². The molecule has 5 heteroatoms. The summed E-state index contributed by atoms with van der Waals surface area (Å²) in [6.07, 6.45) is 13.1. The molecule has 0 amide bonds. The van der Waals surface area contributed by atoms with E-state index in [9.17, 15) is 9.59 Å². The molecular formula is C23H40O5. The van der Waals surface area contributed by atoms with Crippen molar-refractivity contribution in [2.24, 2.45) is 0 Å². The van der Waals surface area contributed by atoms with Crippen molar-refractivity contribution in [1.29, 1.82) is 0 Å². The molecule has 1 saturated heterocycles. The molecule has 0 aromatic rings. The van der Waals surface area contributed by atoms with Crippen molar-refractivity contribution >= 4 is 11.9 Å². The van der Waals surface area contributed by atoms with E-state index in [4.69, 9.17) is 14.2 Å². The molecule has 28 heavy (non-hydrogen) atoms. The SMILES string of the molecule is C=C(C)C(=O)OCC1CO1.C=C(C)C(=O)OCCCCCCCCCCCC. The first-order valence-corrected chi connectivity index (χ1v) is 10.6. The molecule has 0 N–H and O–H groups in total. The number of esters is 2. The quantitative estimate of drug-likeness (QED) is 0.158. The van der Waals surface area contributed by atoms with Gasteiger partial charge in [-0.2, -0.15) is 0 Å². The molecule has 0 spiro atoms. The van der Waals surface area contributed by atoms with Gasteiger partial charge in [-0.15, -0.1) is 0 Å². The Hall–Kier alpha value is -1.62. The zero-order chi connectivity index (χ0) is 21.2. The summed E-state index contributed by atoms with van der Waals surface area (Å²) in [5, 5.41) is 0. The average molecular weight is 397 g/mol. The summed E-state index contributed by atoms with van der Waals surface area (Å²) in [4.78, 5) is 21.8. The van der Waals surface area contributed by atoms with Crippen molar-refractivity contribution in [1.82, 2.24) is 0 Å². The Morgan fingerprint density at radius 2 is 1.25 bits per heavy atom. The van der Waals surface area contributed by atoms with Crippen LogP contribution in [0.15, 0.2) is 24.3 Å². The molecular weight excluding hydrogens is 356 g/mol. The topological polar surface area (TPSA) is 65.1 Å². The fourth-order valence-electron chi connectivity index (χ4n) is 2.33. The lowest BCUT2D eigenvalue weighted by atomic mass is 10.1. The zero-order valence-electron chi connectivity index (χ0n) is 18.2. The minimum Gasteiger partial charge on any atom is -0.462 e. The standard InChI is InChI=1S/C16H30O2.C7H10O3/c1-4-5-6-7-8-9-10-11-12-13-14-18-16(17)15(2)3;1-5(2)7(8)10-4-6-3-9-6/h2,4-14H2,1,3H3;6H,1,3-4H2,2H3. The van der Waals surface area contributed by atoms with Crippen molar-refractivity contribution in [3.8, 4) is 0 Å². The van der Waals surface area contributed by atoms with E-state index in [1.54, 1.807) is 13.8 Å². The molecule has 1 atom stereocenters. The van der Waals surface area contributed by atoms with Crippen LogP contribution in [0.25, 0.3) is 0 Å². The highest BCUT2D eigenvalue weighted by molar-refractivity contribution is 5.87. The maximum atomic E-state index is 11.1. The molecule has 0 aliphatic carbocycles. The third-order valence-electron chi connectivity index (χ3n) is 4.23. The van der Waals surface area contributed by atoms with Gasteiger partial charge in [0.2, 0.25) is 0 Å². The Morgan fingerprint density at radius 1 is 0.821 bits per heavy atom. The second-order valence-corrected chi connectivity index (χ2v) is 7.43. The fourth-order valence-corrected chi connectivity index (χ4v) is 2.33. The summed E-state index contributed by atoms with van der Waals surface area (Å²) < 4.78 is 14.6. The van der Waals surface area contributed by atoms with Gasteiger partial charge in [-0.1, -0.05) is 77.9 Å². The highest BCUT2D eigenvalue weighted by atomic mass is 16.6. The zero-order valence-corrected chi connectivity index (χ0v) is 18.2. The normalized spacial score (nSPS) is 14.5. The van der Waals surface area contributed by atoms with Crippen LogP contribution in [-0.2, 0) is 23.8 Å². The highest BCUT2D eigenvalue weighted by Crippen LogP contribution is 2.11. The number of ether oxygens (including phenoxy) is 3. The monoisotopic (exact) mass is 396 g/mol. The van der Waals surface area contributed by atoms with Gasteiger partial charge in [0.15, 0.2) is 0 Å². The van der Waals surface area contributed by atoms with E-state index in [1.807, 2.05) is 0 Å². The Labute approximate surface area is 171 Å². The van der Waals surface area contributed by atoms with Crippen molar-refractivity contribution in [2.45, 2.75) is 91.1 Å². The van der Waals surface area contributed by atoms with Gasteiger partial charge in [-0.05, 0) is 20.3 Å². The summed E-state index contributed by atoms with van der Waals surface area (Å²) in [5.41, 5.74) is 0.919. The van der Waals surface area contributed by atoms with Gasteiger partial charge in [0, 0.05) is 11.1 Å². The summed E-state index contributed by atoms with van der Waals surface area (Å²) in [6, 6.07) is 0. The third kappa shape index (κ3) is 17.8. The molecule has 0 saturated carbocycles. The lowest BCUT2D eigenvalue weighted by Gasteiger charge is -2.04. The minimum absolute atomic E-state index is 0.142. The number of unbranched alkanes of at least 4 members (excludes halogenated alkanes) is 9. The van der Waals surface area contributed by atoms with Gasteiger partial charge in [0.1, 0.15) is 12.7 Å². The van der Waals surface area contributed by atoms with E-state index in [2.05, 4.69) is 20.1 Å². The molecule has 1 aliphatic rings. The summed E-state index contributed by atoms with van der Waals surface area (Å²) in [6.45, 7) is 14.2. The maximum absolute atomic E-state index is 11.1. The van der Waals surface area contributed by atoms with Crippen LogP contribution < -0.4 is 0 Å². The summed E-state index contributed by atoms with van der Waals surface area (Å²) in [5.74, 6) is -0.596. The molecule has 0 aromatic heterocycles. The number of rotatable bonds is 15. The molecule has 1 rings (SSSR count). The molecule has 1 heterocycles. The van der Waals surface area contributed by atoms with Crippen molar-refractivity contribution < 1.29 is 23.8 Å². The van der Waals surface area contributed by atoms with Gasteiger partial charge in [0.05, 0.1) is 13.2 Å². The predicted molar refractivity (Wildman–Crippen MR) is 113 cm³/mol. The predicted octanol–water partition coefficient (Wildman–Crippen LogP) is 5.53. The van der Waals surface area contributed by atoms with Crippen LogP contribution in [0.1, 0.15) is 85.0 Å². The number of hydrogen-bond donors (Lipinski definition) is 0. The van der Waals surface area contributed by atoms with E-state index in [-0.39, 0.29) is 18.0 Å². The van der Waals surface area contributed by atoms with Crippen LogP contribution in [0.3, 0.4) is 0 Å². The maximum Gasteiger partial charge on any atom is 0.333 e. The second kappa shape index (κ2) is 17.5. The van der Waals surface area contributed by atoms with Crippen LogP contribution in [0, 0.1) is 0 Å². The molecule has 1 aliphatic heterocycles. The smallest absolute Gasteiger partial charge is 0.333 e. The lowest BCUT2D eigenvalue weighted by molar-refractivity contribution is -0.140. The second-order valence-electron chi connectivity index (χ2n) is 7.43. The number of carbonyl (C=O) groups excluding carboxylic acids is 2. The molecule has 1 fully saturated rings. The van der Waals surface area contributed by atoms with Crippen molar-refractivity contribution in [3.05, 3.63) is 24.3 Å². The molecule has 1 unspecified atom stereocenters. The van der Waals surface area contributed by atoms with Gasteiger partial charge >= 0.3 is 11.9 Å². The number of carbonyl (C=O) groups is 2. The Kier molecular flexibility index (Phi) is 16.5. The van der Waals surface area contributed by atoms with Crippen LogP contribution in [0.2, 0.25) is 0 Å². The van der Waals surface area contributed by atoms with Crippen molar-refractivity contribution in [3.63, 3.8) is 0 Å². The van der Waals surface area contributed by atoms with E-state index < -0.39 is 0 Å². The van der Waals surface area contributed by atoms with Crippen LogP contribution in [-0.4, -0.2) is 37.9 Å². The van der Waals surface area contributed by atoms with E-state index >= 15 is 0 Å². The van der Waals surface area contributed by atoms with Gasteiger partial charge in [0.25, 0.3) is 0 Å². The largest absolute Gasteiger partial charge is 0.462 e. The molecule has 162 valence electrons. The first kappa shape index (κ1) is 26.4. The van der Waals surface area contributed by atoms with Gasteiger partial charge < -0.3 is 14.2 Å².